The number of nitrogens with zero attached hydrogens (tertiary/aromatic N) is 5. The standard InChI is InChI=1S/C19H18F2N6/c1-11-23-19-16(21)7-14(9-27(19)25-11)13-6-15(20)18-24-17(10-26(18)8-13)12-2-4-22-5-3-12/h6-10,12,22H,2-5H2,1H3. The molecule has 27 heavy (non-hydrogen) atoms. The molecule has 1 saturated heterocycles. The number of piperidine rings is 1. The lowest BCUT2D eigenvalue weighted by Gasteiger charge is -2.20. The van der Waals surface area contributed by atoms with Crippen molar-refractivity contribution in [2.75, 3.05) is 13.1 Å². The topological polar surface area (TPSA) is 59.5 Å². The van der Waals surface area contributed by atoms with Crippen molar-refractivity contribution in [2.45, 2.75) is 25.7 Å². The Balaban J connectivity index is 1.61. The van der Waals surface area contributed by atoms with E-state index in [2.05, 4.69) is 20.4 Å². The number of imidazole rings is 1. The van der Waals surface area contributed by atoms with Crippen molar-refractivity contribution >= 4 is 11.3 Å². The largest absolute Gasteiger partial charge is 0.317 e. The fourth-order valence-corrected chi connectivity index (χ4v) is 3.76. The third kappa shape index (κ3) is 2.76. The first-order valence-electron chi connectivity index (χ1n) is 9.00. The highest BCUT2D eigenvalue weighted by Gasteiger charge is 2.20. The SMILES string of the molecule is Cc1nc2c(F)cc(-c3cc(F)c4nc(C5CCNCC5)cn4c3)cn2n1. The van der Waals surface area contributed by atoms with Gasteiger partial charge < -0.3 is 9.72 Å². The van der Waals surface area contributed by atoms with E-state index in [-0.39, 0.29) is 5.65 Å². The van der Waals surface area contributed by atoms with Crippen LogP contribution in [0.4, 0.5) is 8.78 Å². The normalized spacial score (nSPS) is 15.8. The van der Waals surface area contributed by atoms with E-state index in [1.807, 2.05) is 6.20 Å². The molecule has 1 aliphatic heterocycles. The average Bonchev–Trinajstić information content (AvgIpc) is 3.26. The minimum absolute atomic E-state index is 0.161. The molecule has 5 rings (SSSR count). The minimum Gasteiger partial charge on any atom is -0.317 e. The first-order chi connectivity index (χ1) is 13.1. The molecule has 0 aliphatic carbocycles. The monoisotopic (exact) mass is 368 g/mol. The van der Waals surface area contributed by atoms with E-state index in [0.29, 0.717) is 28.5 Å². The molecule has 4 aromatic heterocycles. The van der Waals surface area contributed by atoms with Gasteiger partial charge in [-0.05, 0) is 45.0 Å². The molecule has 5 heterocycles. The van der Waals surface area contributed by atoms with Gasteiger partial charge in [0.15, 0.2) is 22.9 Å². The molecule has 1 fully saturated rings. The van der Waals surface area contributed by atoms with Crippen LogP contribution in [0.1, 0.15) is 30.3 Å². The maximum atomic E-state index is 14.7. The van der Waals surface area contributed by atoms with Gasteiger partial charge in [-0.25, -0.2) is 23.3 Å². The van der Waals surface area contributed by atoms with Crippen LogP contribution in [0.25, 0.3) is 22.4 Å². The van der Waals surface area contributed by atoms with Crippen molar-refractivity contribution in [1.82, 2.24) is 29.3 Å². The summed E-state index contributed by atoms with van der Waals surface area (Å²) in [5.41, 5.74) is 2.45. The second-order valence-corrected chi connectivity index (χ2v) is 7.00. The smallest absolute Gasteiger partial charge is 0.191 e. The molecule has 0 spiro atoms. The summed E-state index contributed by atoms with van der Waals surface area (Å²) in [4.78, 5) is 8.55. The highest BCUT2D eigenvalue weighted by molar-refractivity contribution is 5.66. The molecular formula is C19H18F2N6. The van der Waals surface area contributed by atoms with Gasteiger partial charge in [0.25, 0.3) is 0 Å². The van der Waals surface area contributed by atoms with Gasteiger partial charge in [0.2, 0.25) is 0 Å². The lowest BCUT2D eigenvalue weighted by molar-refractivity contribution is 0.454. The molecule has 0 amide bonds. The van der Waals surface area contributed by atoms with Gasteiger partial charge in [-0.1, -0.05) is 0 Å². The Kier molecular flexibility index (Phi) is 3.68. The summed E-state index contributed by atoms with van der Waals surface area (Å²) >= 11 is 0. The molecular weight excluding hydrogens is 350 g/mol. The zero-order valence-corrected chi connectivity index (χ0v) is 14.8. The number of aromatic nitrogens is 5. The van der Waals surface area contributed by atoms with Crippen molar-refractivity contribution < 1.29 is 8.78 Å². The molecule has 0 unspecified atom stereocenters. The van der Waals surface area contributed by atoms with E-state index in [1.165, 1.54) is 16.6 Å². The summed E-state index contributed by atoms with van der Waals surface area (Å²) in [6.07, 6.45) is 7.30. The van der Waals surface area contributed by atoms with Gasteiger partial charge in [-0.15, -0.1) is 0 Å². The Hall–Kier alpha value is -2.87. The van der Waals surface area contributed by atoms with E-state index in [0.717, 1.165) is 31.6 Å². The molecule has 138 valence electrons. The fraction of sp³-hybridized carbons (Fsp3) is 0.316. The molecule has 0 radical (unpaired) electrons. The van der Waals surface area contributed by atoms with Crippen molar-refractivity contribution in [3.8, 4) is 11.1 Å². The summed E-state index contributed by atoms with van der Waals surface area (Å²) in [5, 5.41) is 7.48. The Labute approximate surface area is 153 Å². The van der Waals surface area contributed by atoms with Gasteiger partial charge >= 0.3 is 0 Å². The van der Waals surface area contributed by atoms with Crippen molar-refractivity contribution in [2.24, 2.45) is 0 Å². The maximum absolute atomic E-state index is 14.7. The molecule has 0 saturated carbocycles. The van der Waals surface area contributed by atoms with Gasteiger partial charge in [-0.2, -0.15) is 5.10 Å². The molecule has 8 heteroatoms. The number of hydrogen-bond acceptors (Lipinski definition) is 4. The molecule has 6 nitrogen and oxygen atoms in total. The maximum Gasteiger partial charge on any atom is 0.191 e. The summed E-state index contributed by atoms with van der Waals surface area (Å²) < 4.78 is 32.1. The van der Waals surface area contributed by atoms with Crippen molar-refractivity contribution in [3.05, 3.63) is 53.9 Å². The van der Waals surface area contributed by atoms with Gasteiger partial charge in [0.05, 0.1) is 5.69 Å². The van der Waals surface area contributed by atoms with Gasteiger partial charge in [-0.3, -0.25) is 0 Å². The first kappa shape index (κ1) is 16.3. The number of rotatable bonds is 2. The van der Waals surface area contributed by atoms with Crippen LogP contribution in [-0.4, -0.2) is 37.1 Å². The molecule has 0 bridgehead atoms. The van der Waals surface area contributed by atoms with Gasteiger partial charge in [0, 0.05) is 35.6 Å². The molecule has 1 aliphatic rings. The lowest BCUT2D eigenvalue weighted by Crippen LogP contribution is -2.26. The molecule has 4 aromatic rings. The Morgan fingerprint density at radius 3 is 2.44 bits per heavy atom. The Morgan fingerprint density at radius 2 is 1.67 bits per heavy atom. The minimum atomic E-state index is -0.491. The van der Waals surface area contributed by atoms with Crippen LogP contribution >= 0.6 is 0 Å². The third-order valence-electron chi connectivity index (χ3n) is 5.11. The highest BCUT2D eigenvalue weighted by Crippen LogP contribution is 2.28. The van der Waals surface area contributed by atoms with Crippen LogP contribution in [0.2, 0.25) is 0 Å². The second-order valence-electron chi connectivity index (χ2n) is 7.00. The molecule has 1 N–H and O–H groups in total. The number of nitrogens with one attached hydrogen (secondary N) is 1. The first-order valence-corrected chi connectivity index (χ1v) is 9.00. The molecule has 0 atom stereocenters. The average molecular weight is 368 g/mol. The van der Waals surface area contributed by atoms with Crippen LogP contribution < -0.4 is 5.32 Å². The number of hydrogen-bond donors (Lipinski definition) is 1. The van der Waals surface area contributed by atoms with Crippen LogP contribution in [0.15, 0.2) is 30.7 Å². The Morgan fingerprint density at radius 1 is 0.963 bits per heavy atom. The predicted octanol–water partition coefficient (Wildman–Crippen LogP) is 3.10. The third-order valence-corrected chi connectivity index (χ3v) is 5.11. The second kappa shape index (κ2) is 6.09. The van der Waals surface area contributed by atoms with E-state index in [1.54, 1.807) is 23.7 Å². The van der Waals surface area contributed by atoms with Crippen LogP contribution in [0, 0.1) is 18.6 Å². The van der Waals surface area contributed by atoms with E-state index in [9.17, 15) is 8.78 Å². The highest BCUT2D eigenvalue weighted by atomic mass is 19.1. The molecule has 0 aromatic carbocycles. The lowest BCUT2D eigenvalue weighted by atomic mass is 9.95. The van der Waals surface area contributed by atoms with E-state index >= 15 is 0 Å². The van der Waals surface area contributed by atoms with E-state index in [4.69, 9.17) is 0 Å². The summed E-state index contributed by atoms with van der Waals surface area (Å²) in [6.45, 7) is 3.59. The summed E-state index contributed by atoms with van der Waals surface area (Å²) in [6, 6.07) is 2.74. The fourth-order valence-electron chi connectivity index (χ4n) is 3.76. The Bertz CT molecular complexity index is 1160. The zero-order valence-electron chi connectivity index (χ0n) is 14.8. The zero-order chi connectivity index (χ0) is 18.5. The van der Waals surface area contributed by atoms with E-state index < -0.39 is 11.6 Å². The summed E-state index contributed by atoms with van der Waals surface area (Å²) in [7, 11) is 0. The number of halogens is 2. The predicted molar refractivity (Wildman–Crippen MR) is 96.7 cm³/mol. The summed E-state index contributed by atoms with van der Waals surface area (Å²) in [5.74, 6) is -0.104. The quantitative estimate of drug-likeness (QED) is 0.591. The van der Waals surface area contributed by atoms with Crippen LogP contribution in [0.3, 0.4) is 0 Å². The number of pyridine rings is 2. The van der Waals surface area contributed by atoms with Crippen LogP contribution in [-0.2, 0) is 0 Å². The van der Waals surface area contributed by atoms with Gasteiger partial charge in [0.1, 0.15) is 5.82 Å². The number of fused-ring (bicyclic) bond motifs is 2. The number of aryl methyl sites for hydroxylation is 1. The van der Waals surface area contributed by atoms with Crippen molar-refractivity contribution in [3.63, 3.8) is 0 Å². The van der Waals surface area contributed by atoms with Crippen LogP contribution in [0.5, 0.6) is 0 Å². The van der Waals surface area contributed by atoms with Crippen molar-refractivity contribution in [1.29, 1.82) is 0 Å².